The van der Waals surface area contributed by atoms with Crippen LogP contribution in [0.25, 0.3) is 0 Å². The molecular formula is C9H15N3O4S. The average Bonchev–Trinajstić information content (AvgIpc) is 2.63. The molecule has 7 nitrogen and oxygen atoms in total. The average molecular weight is 261 g/mol. The zero-order chi connectivity index (χ0) is 13.1. The number of amides is 1. The van der Waals surface area contributed by atoms with Gasteiger partial charge in [0.25, 0.3) is 0 Å². The SMILES string of the molecule is CCS(=O)(=O)N[C@@H](C)C(=O)Nc1cc(C)on1. The minimum Gasteiger partial charge on any atom is -0.360 e. The largest absolute Gasteiger partial charge is 0.360 e. The van der Waals surface area contributed by atoms with Gasteiger partial charge in [0, 0.05) is 6.07 Å². The van der Waals surface area contributed by atoms with Gasteiger partial charge in [0.05, 0.1) is 11.8 Å². The van der Waals surface area contributed by atoms with Crippen LogP contribution >= 0.6 is 0 Å². The maximum atomic E-state index is 11.6. The molecule has 1 aromatic heterocycles. The minimum absolute atomic E-state index is 0.0757. The third kappa shape index (κ3) is 4.16. The molecule has 1 atom stereocenters. The first kappa shape index (κ1) is 13.7. The van der Waals surface area contributed by atoms with E-state index in [1.165, 1.54) is 13.8 Å². The molecule has 0 radical (unpaired) electrons. The van der Waals surface area contributed by atoms with Gasteiger partial charge < -0.3 is 9.84 Å². The fourth-order valence-corrected chi connectivity index (χ4v) is 1.88. The molecule has 0 bridgehead atoms. The van der Waals surface area contributed by atoms with Crippen molar-refractivity contribution >= 4 is 21.7 Å². The van der Waals surface area contributed by atoms with E-state index < -0.39 is 22.0 Å². The number of aromatic nitrogens is 1. The number of carbonyl (C=O) groups is 1. The van der Waals surface area contributed by atoms with Crippen LogP contribution in [0.15, 0.2) is 10.6 Å². The number of anilines is 1. The molecule has 8 heteroatoms. The zero-order valence-electron chi connectivity index (χ0n) is 9.85. The molecule has 96 valence electrons. The highest BCUT2D eigenvalue weighted by Crippen LogP contribution is 2.07. The molecular weight excluding hydrogens is 246 g/mol. The number of nitrogens with zero attached hydrogens (tertiary/aromatic N) is 1. The van der Waals surface area contributed by atoms with E-state index in [1.54, 1.807) is 13.0 Å². The van der Waals surface area contributed by atoms with Crippen molar-refractivity contribution < 1.29 is 17.7 Å². The molecule has 0 aliphatic rings. The topological polar surface area (TPSA) is 101 Å². The summed E-state index contributed by atoms with van der Waals surface area (Å²) in [5.74, 6) is 0.251. The lowest BCUT2D eigenvalue weighted by molar-refractivity contribution is -0.117. The van der Waals surface area contributed by atoms with E-state index in [1.807, 2.05) is 0 Å². The Hall–Kier alpha value is -1.41. The molecule has 1 rings (SSSR count). The molecule has 0 aliphatic heterocycles. The van der Waals surface area contributed by atoms with Crippen LogP contribution in [0.5, 0.6) is 0 Å². The first-order valence-electron chi connectivity index (χ1n) is 5.08. The Bertz CT molecular complexity index is 494. The van der Waals surface area contributed by atoms with Gasteiger partial charge in [-0.25, -0.2) is 13.1 Å². The van der Waals surface area contributed by atoms with E-state index in [0.717, 1.165) is 0 Å². The van der Waals surface area contributed by atoms with Gasteiger partial charge in [-0.05, 0) is 20.8 Å². The first-order valence-corrected chi connectivity index (χ1v) is 6.73. The second-order valence-corrected chi connectivity index (χ2v) is 5.60. The van der Waals surface area contributed by atoms with E-state index in [4.69, 9.17) is 4.52 Å². The number of hydrogen-bond donors (Lipinski definition) is 2. The highest BCUT2D eigenvalue weighted by atomic mass is 32.2. The van der Waals surface area contributed by atoms with Gasteiger partial charge in [-0.15, -0.1) is 0 Å². The van der Waals surface area contributed by atoms with Crippen LogP contribution in [0.4, 0.5) is 5.82 Å². The van der Waals surface area contributed by atoms with Crippen molar-refractivity contribution in [2.75, 3.05) is 11.1 Å². The van der Waals surface area contributed by atoms with Crippen LogP contribution in [0, 0.1) is 6.92 Å². The van der Waals surface area contributed by atoms with Gasteiger partial charge in [-0.3, -0.25) is 4.79 Å². The quantitative estimate of drug-likeness (QED) is 0.791. The monoisotopic (exact) mass is 261 g/mol. The number of aryl methyl sites for hydroxylation is 1. The molecule has 17 heavy (non-hydrogen) atoms. The molecule has 1 heterocycles. The zero-order valence-corrected chi connectivity index (χ0v) is 10.7. The molecule has 0 fully saturated rings. The summed E-state index contributed by atoms with van der Waals surface area (Å²) in [6, 6.07) is 0.677. The van der Waals surface area contributed by atoms with Gasteiger partial charge in [-0.1, -0.05) is 5.16 Å². The molecule has 0 saturated heterocycles. The second-order valence-electron chi connectivity index (χ2n) is 3.56. The fraction of sp³-hybridized carbons (Fsp3) is 0.556. The predicted molar refractivity (Wildman–Crippen MR) is 61.9 cm³/mol. The Morgan fingerprint density at radius 1 is 1.59 bits per heavy atom. The van der Waals surface area contributed by atoms with Gasteiger partial charge in [0.1, 0.15) is 5.76 Å². The van der Waals surface area contributed by atoms with Gasteiger partial charge in [0.2, 0.25) is 15.9 Å². The van der Waals surface area contributed by atoms with Crippen LogP contribution in [0.3, 0.4) is 0 Å². The van der Waals surface area contributed by atoms with Crippen LogP contribution < -0.4 is 10.0 Å². The Morgan fingerprint density at radius 2 is 2.24 bits per heavy atom. The number of rotatable bonds is 5. The van der Waals surface area contributed by atoms with E-state index in [-0.39, 0.29) is 11.6 Å². The summed E-state index contributed by atoms with van der Waals surface area (Å²) in [5, 5.41) is 6.01. The molecule has 2 N–H and O–H groups in total. The van der Waals surface area contributed by atoms with Crippen LogP contribution in [-0.4, -0.2) is 31.3 Å². The lowest BCUT2D eigenvalue weighted by Gasteiger charge is -2.11. The van der Waals surface area contributed by atoms with Crippen LogP contribution in [0.2, 0.25) is 0 Å². The van der Waals surface area contributed by atoms with Crippen molar-refractivity contribution in [1.82, 2.24) is 9.88 Å². The Labute approximate surface area is 99.6 Å². The third-order valence-electron chi connectivity index (χ3n) is 2.01. The number of sulfonamides is 1. The normalized spacial score (nSPS) is 13.4. The molecule has 0 saturated carbocycles. The summed E-state index contributed by atoms with van der Waals surface area (Å²) < 4.78 is 29.5. The van der Waals surface area contributed by atoms with Crippen molar-refractivity contribution in [3.05, 3.63) is 11.8 Å². The van der Waals surface area contributed by atoms with E-state index in [2.05, 4.69) is 15.2 Å². The summed E-state index contributed by atoms with van der Waals surface area (Å²) >= 11 is 0. The number of nitrogens with one attached hydrogen (secondary N) is 2. The van der Waals surface area contributed by atoms with Crippen molar-refractivity contribution in [3.63, 3.8) is 0 Å². The lowest BCUT2D eigenvalue weighted by Crippen LogP contribution is -2.42. The van der Waals surface area contributed by atoms with Crippen molar-refractivity contribution in [3.8, 4) is 0 Å². The van der Waals surface area contributed by atoms with Crippen LogP contribution in [-0.2, 0) is 14.8 Å². The molecule has 1 aromatic rings. The van der Waals surface area contributed by atoms with Crippen molar-refractivity contribution in [2.45, 2.75) is 26.8 Å². The van der Waals surface area contributed by atoms with Gasteiger partial charge >= 0.3 is 0 Å². The van der Waals surface area contributed by atoms with E-state index in [0.29, 0.717) is 5.76 Å². The van der Waals surface area contributed by atoms with E-state index >= 15 is 0 Å². The number of carbonyl (C=O) groups excluding carboxylic acids is 1. The smallest absolute Gasteiger partial charge is 0.243 e. The summed E-state index contributed by atoms with van der Waals surface area (Å²) in [6.07, 6.45) is 0. The summed E-state index contributed by atoms with van der Waals surface area (Å²) in [4.78, 5) is 11.6. The maximum absolute atomic E-state index is 11.6. The summed E-state index contributed by atoms with van der Waals surface area (Å²) in [6.45, 7) is 4.63. The Morgan fingerprint density at radius 3 is 2.71 bits per heavy atom. The van der Waals surface area contributed by atoms with Crippen molar-refractivity contribution in [1.29, 1.82) is 0 Å². The predicted octanol–water partition coefficient (Wildman–Crippen LogP) is 0.249. The standard InChI is InChI=1S/C9H15N3O4S/c1-4-17(14,15)12-7(3)9(13)10-8-5-6(2)16-11-8/h5,7,12H,4H2,1-3H3,(H,10,11,13)/t7-/m0/s1. The Balaban J connectivity index is 2.59. The van der Waals surface area contributed by atoms with E-state index in [9.17, 15) is 13.2 Å². The highest BCUT2D eigenvalue weighted by molar-refractivity contribution is 7.89. The molecule has 0 aromatic carbocycles. The van der Waals surface area contributed by atoms with Gasteiger partial charge in [-0.2, -0.15) is 0 Å². The summed E-state index contributed by atoms with van der Waals surface area (Å²) in [7, 11) is -3.41. The Kier molecular flexibility index (Phi) is 4.24. The van der Waals surface area contributed by atoms with Gasteiger partial charge in [0.15, 0.2) is 5.82 Å². The maximum Gasteiger partial charge on any atom is 0.243 e. The number of hydrogen-bond acceptors (Lipinski definition) is 5. The van der Waals surface area contributed by atoms with Crippen LogP contribution in [0.1, 0.15) is 19.6 Å². The molecule has 0 spiro atoms. The fourth-order valence-electron chi connectivity index (χ4n) is 1.07. The highest BCUT2D eigenvalue weighted by Gasteiger charge is 2.19. The third-order valence-corrected chi connectivity index (χ3v) is 3.48. The first-order chi connectivity index (χ1) is 7.84. The lowest BCUT2D eigenvalue weighted by atomic mass is 10.3. The molecule has 1 amide bonds. The minimum atomic E-state index is -3.41. The molecule has 0 unspecified atom stereocenters. The van der Waals surface area contributed by atoms with Crippen molar-refractivity contribution in [2.24, 2.45) is 0 Å². The summed E-state index contributed by atoms with van der Waals surface area (Å²) in [5.41, 5.74) is 0. The molecule has 0 aliphatic carbocycles. The second kappa shape index (κ2) is 5.28.